The number of halogens is 1. The highest BCUT2D eigenvalue weighted by molar-refractivity contribution is 7.99. The van der Waals surface area contributed by atoms with E-state index in [-0.39, 0.29) is 11.7 Å². The predicted molar refractivity (Wildman–Crippen MR) is 118 cm³/mol. The van der Waals surface area contributed by atoms with Crippen molar-refractivity contribution in [3.8, 4) is 22.6 Å². The van der Waals surface area contributed by atoms with Gasteiger partial charge in [-0.15, -0.1) is 16.4 Å². The molecule has 2 N–H and O–H groups in total. The first-order valence-corrected chi connectivity index (χ1v) is 10.9. The summed E-state index contributed by atoms with van der Waals surface area (Å²) in [5, 5.41) is 13.6. The number of carbonyl (C=O) groups is 1. The Morgan fingerprint density at radius 3 is 2.79 bits per heavy atom. The summed E-state index contributed by atoms with van der Waals surface area (Å²) in [5.41, 5.74) is 3.86. The van der Waals surface area contributed by atoms with E-state index in [1.54, 1.807) is 0 Å². The summed E-state index contributed by atoms with van der Waals surface area (Å²) in [4.78, 5) is 21.1. The van der Waals surface area contributed by atoms with Crippen molar-refractivity contribution < 1.29 is 4.79 Å². The van der Waals surface area contributed by atoms with E-state index in [2.05, 4.69) is 25.5 Å². The van der Waals surface area contributed by atoms with Gasteiger partial charge in [0.15, 0.2) is 11.0 Å². The minimum atomic E-state index is -0.158. The molecule has 0 saturated heterocycles. The van der Waals surface area contributed by atoms with Gasteiger partial charge in [-0.25, -0.2) is 9.97 Å². The molecular weight excluding hydrogens is 426 g/mol. The largest absolute Gasteiger partial charge is 0.301 e. The van der Waals surface area contributed by atoms with Gasteiger partial charge in [0.05, 0.1) is 11.4 Å². The van der Waals surface area contributed by atoms with Crippen molar-refractivity contribution >= 4 is 45.7 Å². The van der Waals surface area contributed by atoms with Crippen LogP contribution in [0.2, 0.25) is 5.02 Å². The fourth-order valence-electron chi connectivity index (χ4n) is 2.60. The van der Waals surface area contributed by atoms with Crippen molar-refractivity contribution in [2.24, 2.45) is 0 Å². The number of amides is 1. The molecule has 0 aliphatic heterocycles. The Morgan fingerprint density at radius 2 is 2.00 bits per heavy atom. The van der Waals surface area contributed by atoms with Gasteiger partial charge < -0.3 is 5.32 Å². The van der Waals surface area contributed by atoms with Crippen LogP contribution in [0.15, 0.2) is 59.1 Å². The molecule has 0 aliphatic carbocycles. The van der Waals surface area contributed by atoms with Crippen LogP contribution in [0, 0.1) is 6.92 Å². The normalized spacial score (nSPS) is 10.8. The van der Waals surface area contributed by atoms with Crippen LogP contribution in [0.3, 0.4) is 0 Å². The van der Waals surface area contributed by atoms with Crippen LogP contribution in [0.1, 0.15) is 5.56 Å². The lowest BCUT2D eigenvalue weighted by Gasteiger charge is -2.00. The second-order valence-corrected chi connectivity index (χ2v) is 8.45. The zero-order valence-corrected chi connectivity index (χ0v) is 17.7. The number of H-pyrrole nitrogens is 1. The summed E-state index contributed by atoms with van der Waals surface area (Å²) < 4.78 is 0. The molecule has 2 aromatic carbocycles. The number of aromatic amines is 1. The van der Waals surface area contributed by atoms with Gasteiger partial charge in [-0.3, -0.25) is 9.89 Å². The number of nitrogens with one attached hydrogen (secondary N) is 2. The van der Waals surface area contributed by atoms with Gasteiger partial charge in [-0.2, -0.15) is 0 Å². The van der Waals surface area contributed by atoms with E-state index in [0.717, 1.165) is 22.4 Å². The molecule has 146 valence electrons. The standard InChI is InChI=1S/C20H16ClN5OS2/c1-12-3-2-4-14(9-12)18-24-20(26-25-18)29-11-17(27)23-19-22-16(10-28-19)13-5-7-15(21)8-6-13/h2-10H,11H2,1H3,(H,22,23,27)(H,24,25,26). The molecule has 0 aliphatic rings. The molecule has 2 aromatic heterocycles. The van der Waals surface area contributed by atoms with Crippen molar-refractivity contribution in [1.82, 2.24) is 20.2 Å². The third-order valence-electron chi connectivity index (χ3n) is 3.98. The number of thiazole rings is 1. The summed E-state index contributed by atoms with van der Waals surface area (Å²) in [7, 11) is 0. The lowest BCUT2D eigenvalue weighted by atomic mass is 10.1. The zero-order valence-electron chi connectivity index (χ0n) is 15.3. The topological polar surface area (TPSA) is 83.6 Å². The summed E-state index contributed by atoms with van der Waals surface area (Å²) in [5.74, 6) is 0.721. The van der Waals surface area contributed by atoms with Crippen LogP contribution in [0.4, 0.5) is 5.13 Å². The molecule has 0 fully saturated rings. The van der Waals surface area contributed by atoms with Crippen LogP contribution >= 0.6 is 34.7 Å². The number of nitrogens with zero attached hydrogens (tertiary/aromatic N) is 3. The molecule has 0 radical (unpaired) electrons. The van der Waals surface area contributed by atoms with Crippen molar-refractivity contribution in [2.45, 2.75) is 12.1 Å². The van der Waals surface area contributed by atoms with Crippen LogP contribution in [-0.2, 0) is 4.79 Å². The van der Waals surface area contributed by atoms with Gasteiger partial charge in [0.1, 0.15) is 0 Å². The van der Waals surface area contributed by atoms with E-state index in [1.165, 1.54) is 23.1 Å². The molecule has 0 saturated carbocycles. The minimum absolute atomic E-state index is 0.158. The maximum absolute atomic E-state index is 12.2. The molecule has 4 rings (SSSR count). The first kappa shape index (κ1) is 19.6. The SMILES string of the molecule is Cc1cccc(-c2nc(SCC(=O)Nc3nc(-c4ccc(Cl)cc4)cs3)n[nH]2)c1. The predicted octanol–water partition coefficient (Wildman–Crippen LogP) is 5.29. The summed E-state index contributed by atoms with van der Waals surface area (Å²) in [6, 6.07) is 15.4. The fraction of sp³-hybridized carbons (Fsp3) is 0.100. The molecule has 4 aromatic rings. The monoisotopic (exact) mass is 441 g/mol. The van der Waals surface area contributed by atoms with Crippen LogP contribution in [-0.4, -0.2) is 31.8 Å². The quantitative estimate of drug-likeness (QED) is 0.397. The Balaban J connectivity index is 1.33. The molecule has 2 heterocycles. The van der Waals surface area contributed by atoms with Crippen molar-refractivity contribution in [3.05, 3.63) is 64.5 Å². The number of hydrogen-bond acceptors (Lipinski definition) is 6. The highest BCUT2D eigenvalue weighted by Gasteiger charge is 2.11. The maximum atomic E-state index is 12.2. The Labute approximate surface area is 180 Å². The average Bonchev–Trinajstić information content (AvgIpc) is 3.37. The summed E-state index contributed by atoms with van der Waals surface area (Å²) in [6.45, 7) is 2.02. The van der Waals surface area contributed by atoms with E-state index in [1.807, 2.05) is 60.8 Å². The summed E-state index contributed by atoms with van der Waals surface area (Å²) in [6.07, 6.45) is 0. The molecule has 29 heavy (non-hydrogen) atoms. The number of benzene rings is 2. The number of aryl methyl sites for hydroxylation is 1. The lowest BCUT2D eigenvalue weighted by Crippen LogP contribution is -2.13. The second kappa shape index (κ2) is 8.77. The number of thioether (sulfide) groups is 1. The van der Waals surface area contributed by atoms with Crippen LogP contribution in [0.25, 0.3) is 22.6 Å². The second-order valence-electron chi connectivity index (χ2n) is 6.22. The van der Waals surface area contributed by atoms with Crippen LogP contribution in [0.5, 0.6) is 0 Å². The van der Waals surface area contributed by atoms with Gasteiger partial charge in [0.25, 0.3) is 0 Å². The fourth-order valence-corrected chi connectivity index (χ4v) is 4.06. The lowest BCUT2D eigenvalue weighted by molar-refractivity contribution is -0.113. The number of rotatable bonds is 6. The smallest absolute Gasteiger partial charge is 0.236 e. The highest BCUT2D eigenvalue weighted by atomic mass is 35.5. The Bertz CT molecular complexity index is 1140. The number of hydrogen-bond donors (Lipinski definition) is 2. The Hall–Kier alpha value is -2.68. The minimum Gasteiger partial charge on any atom is -0.301 e. The van der Waals surface area contributed by atoms with E-state index >= 15 is 0 Å². The van der Waals surface area contributed by atoms with Gasteiger partial charge in [0.2, 0.25) is 11.1 Å². The third-order valence-corrected chi connectivity index (χ3v) is 5.84. The molecule has 0 atom stereocenters. The summed E-state index contributed by atoms with van der Waals surface area (Å²) >= 11 is 8.56. The Morgan fingerprint density at radius 1 is 1.17 bits per heavy atom. The van der Waals surface area contributed by atoms with Gasteiger partial charge in [0, 0.05) is 21.5 Å². The van der Waals surface area contributed by atoms with E-state index in [4.69, 9.17) is 11.6 Å². The highest BCUT2D eigenvalue weighted by Crippen LogP contribution is 2.26. The van der Waals surface area contributed by atoms with E-state index in [9.17, 15) is 4.79 Å². The molecular formula is C20H16ClN5OS2. The molecule has 1 amide bonds. The van der Waals surface area contributed by atoms with Crippen LogP contribution < -0.4 is 5.32 Å². The zero-order chi connectivity index (χ0) is 20.2. The molecule has 6 nitrogen and oxygen atoms in total. The molecule has 9 heteroatoms. The van der Waals surface area contributed by atoms with Crippen molar-refractivity contribution in [3.63, 3.8) is 0 Å². The molecule has 0 unspecified atom stereocenters. The van der Waals surface area contributed by atoms with Crippen molar-refractivity contribution in [1.29, 1.82) is 0 Å². The van der Waals surface area contributed by atoms with Gasteiger partial charge in [-0.1, -0.05) is 59.3 Å². The Kier molecular flexibility index (Phi) is 5.94. The number of carbonyl (C=O) groups excluding carboxylic acids is 1. The first-order chi connectivity index (χ1) is 14.1. The number of anilines is 1. The third kappa shape index (κ3) is 5.03. The first-order valence-electron chi connectivity index (χ1n) is 8.70. The molecule has 0 spiro atoms. The van der Waals surface area contributed by atoms with Gasteiger partial charge >= 0.3 is 0 Å². The van der Waals surface area contributed by atoms with Gasteiger partial charge in [-0.05, 0) is 25.1 Å². The maximum Gasteiger partial charge on any atom is 0.236 e. The molecule has 0 bridgehead atoms. The number of aromatic nitrogens is 4. The van der Waals surface area contributed by atoms with E-state index in [0.29, 0.717) is 21.1 Å². The van der Waals surface area contributed by atoms with E-state index < -0.39 is 0 Å². The van der Waals surface area contributed by atoms with Crippen molar-refractivity contribution in [2.75, 3.05) is 11.1 Å². The average molecular weight is 442 g/mol.